The van der Waals surface area contributed by atoms with Gasteiger partial charge in [0.15, 0.2) is 0 Å². The maximum absolute atomic E-state index is 11.7. The highest BCUT2D eigenvalue weighted by molar-refractivity contribution is 5.85. The van der Waals surface area contributed by atoms with E-state index in [0.717, 1.165) is 19.4 Å². The lowest BCUT2D eigenvalue weighted by atomic mass is 9.97. The number of halogens is 1. The van der Waals surface area contributed by atoms with Crippen molar-refractivity contribution in [3.05, 3.63) is 29.3 Å². The van der Waals surface area contributed by atoms with E-state index in [1.54, 1.807) is 14.0 Å². The van der Waals surface area contributed by atoms with Gasteiger partial charge in [0.05, 0.1) is 0 Å². The number of nitrogens with one attached hydrogen (secondary N) is 2. The molecule has 1 aliphatic heterocycles. The summed E-state index contributed by atoms with van der Waals surface area (Å²) in [5.74, 6) is -0.0705. The first-order valence-corrected chi connectivity index (χ1v) is 6.37. The van der Waals surface area contributed by atoms with Gasteiger partial charge >= 0.3 is 0 Å². The SMILES string of the molecule is COC(C)C(=O)NCc1cccc2c1CCCN2.Cl. The quantitative estimate of drug-likeness (QED) is 0.890. The van der Waals surface area contributed by atoms with Crippen molar-refractivity contribution in [2.24, 2.45) is 0 Å². The normalized spacial score (nSPS) is 14.6. The van der Waals surface area contributed by atoms with Crippen molar-refractivity contribution < 1.29 is 9.53 Å². The number of fused-ring (bicyclic) bond motifs is 1. The van der Waals surface area contributed by atoms with Crippen molar-refractivity contribution in [2.45, 2.75) is 32.4 Å². The van der Waals surface area contributed by atoms with Crippen molar-refractivity contribution in [3.8, 4) is 0 Å². The Morgan fingerprint density at radius 3 is 3.05 bits per heavy atom. The fraction of sp³-hybridized carbons (Fsp3) is 0.500. The summed E-state index contributed by atoms with van der Waals surface area (Å²) in [5.41, 5.74) is 3.72. The van der Waals surface area contributed by atoms with Gasteiger partial charge in [-0.3, -0.25) is 4.79 Å². The highest BCUT2D eigenvalue weighted by atomic mass is 35.5. The molecule has 0 saturated carbocycles. The number of amides is 1. The number of carbonyl (C=O) groups is 1. The van der Waals surface area contributed by atoms with Gasteiger partial charge in [0.2, 0.25) is 5.91 Å². The third kappa shape index (κ3) is 3.85. The first-order valence-electron chi connectivity index (χ1n) is 6.37. The first-order chi connectivity index (χ1) is 8.72. The average molecular weight is 285 g/mol. The molecule has 1 heterocycles. The van der Waals surface area contributed by atoms with Crippen LogP contribution >= 0.6 is 12.4 Å². The standard InChI is InChI=1S/C14H20N2O2.ClH/c1-10(18-2)14(17)16-9-11-5-3-7-13-12(11)6-4-8-15-13;/h3,5,7,10,15H,4,6,8-9H2,1-2H3,(H,16,17);1H. The second-order valence-corrected chi connectivity index (χ2v) is 4.57. The molecule has 1 amide bonds. The zero-order valence-corrected chi connectivity index (χ0v) is 12.2. The highest BCUT2D eigenvalue weighted by Gasteiger charge is 2.14. The fourth-order valence-corrected chi connectivity index (χ4v) is 2.18. The molecule has 0 aliphatic carbocycles. The van der Waals surface area contributed by atoms with E-state index in [0.29, 0.717) is 6.54 Å². The van der Waals surface area contributed by atoms with Crippen LogP contribution in [0.4, 0.5) is 5.69 Å². The molecule has 0 bridgehead atoms. The van der Waals surface area contributed by atoms with Gasteiger partial charge in [0, 0.05) is 25.9 Å². The molecule has 2 rings (SSSR count). The van der Waals surface area contributed by atoms with E-state index >= 15 is 0 Å². The Balaban J connectivity index is 0.00000180. The average Bonchev–Trinajstić information content (AvgIpc) is 2.43. The Morgan fingerprint density at radius 2 is 2.32 bits per heavy atom. The molecule has 1 aliphatic rings. The van der Waals surface area contributed by atoms with Crippen molar-refractivity contribution in [1.29, 1.82) is 0 Å². The molecular weight excluding hydrogens is 264 g/mol. The molecule has 0 radical (unpaired) electrons. The van der Waals surface area contributed by atoms with Crippen LogP contribution in [0.3, 0.4) is 0 Å². The van der Waals surface area contributed by atoms with Crippen LogP contribution < -0.4 is 10.6 Å². The summed E-state index contributed by atoms with van der Waals surface area (Å²) in [7, 11) is 1.54. The lowest BCUT2D eigenvalue weighted by molar-refractivity contribution is -0.130. The number of anilines is 1. The van der Waals surface area contributed by atoms with Crippen LogP contribution in [0.1, 0.15) is 24.5 Å². The molecule has 106 valence electrons. The third-order valence-electron chi connectivity index (χ3n) is 3.37. The second kappa shape index (κ2) is 7.36. The Morgan fingerprint density at radius 1 is 1.53 bits per heavy atom. The summed E-state index contributed by atoms with van der Waals surface area (Å²) >= 11 is 0. The number of hydrogen-bond acceptors (Lipinski definition) is 3. The van der Waals surface area contributed by atoms with Gasteiger partial charge in [-0.2, -0.15) is 0 Å². The molecule has 4 nitrogen and oxygen atoms in total. The first kappa shape index (κ1) is 15.8. The van der Waals surface area contributed by atoms with Crippen LogP contribution in [0.15, 0.2) is 18.2 Å². The Kier molecular flexibility index (Phi) is 6.12. The van der Waals surface area contributed by atoms with E-state index in [4.69, 9.17) is 4.74 Å². The zero-order chi connectivity index (χ0) is 13.0. The maximum Gasteiger partial charge on any atom is 0.249 e. The number of ether oxygens (including phenoxy) is 1. The lowest BCUT2D eigenvalue weighted by Crippen LogP contribution is -2.33. The molecule has 0 saturated heterocycles. The monoisotopic (exact) mass is 284 g/mol. The minimum Gasteiger partial charge on any atom is -0.385 e. The summed E-state index contributed by atoms with van der Waals surface area (Å²) in [6, 6.07) is 6.19. The summed E-state index contributed by atoms with van der Waals surface area (Å²) < 4.78 is 4.99. The van der Waals surface area contributed by atoms with Crippen LogP contribution in [0.5, 0.6) is 0 Å². The number of rotatable bonds is 4. The number of carbonyl (C=O) groups excluding carboxylic acids is 1. The topological polar surface area (TPSA) is 50.4 Å². The molecule has 1 atom stereocenters. The zero-order valence-electron chi connectivity index (χ0n) is 11.4. The number of hydrogen-bond donors (Lipinski definition) is 2. The molecule has 5 heteroatoms. The van der Waals surface area contributed by atoms with E-state index < -0.39 is 6.10 Å². The Labute approximate surface area is 120 Å². The van der Waals surface area contributed by atoms with Gasteiger partial charge in [-0.05, 0) is 37.0 Å². The predicted molar refractivity (Wildman–Crippen MR) is 78.8 cm³/mol. The van der Waals surface area contributed by atoms with Gasteiger partial charge < -0.3 is 15.4 Å². The molecule has 0 fully saturated rings. The van der Waals surface area contributed by atoms with E-state index in [-0.39, 0.29) is 18.3 Å². The minimum absolute atomic E-state index is 0. The molecular formula is C14H21ClN2O2. The van der Waals surface area contributed by atoms with E-state index in [1.807, 2.05) is 6.07 Å². The van der Waals surface area contributed by atoms with Gasteiger partial charge in [0.1, 0.15) is 6.10 Å². The van der Waals surface area contributed by atoms with Crippen LogP contribution in [0, 0.1) is 0 Å². The molecule has 0 aromatic heterocycles. The Bertz CT molecular complexity index is 437. The molecule has 0 spiro atoms. The van der Waals surface area contributed by atoms with Gasteiger partial charge in [-0.15, -0.1) is 12.4 Å². The van der Waals surface area contributed by atoms with Crippen molar-refractivity contribution >= 4 is 24.0 Å². The Hall–Kier alpha value is -1.26. The van der Waals surface area contributed by atoms with E-state index in [9.17, 15) is 4.79 Å². The smallest absolute Gasteiger partial charge is 0.249 e. The van der Waals surface area contributed by atoms with Crippen LogP contribution in [0.2, 0.25) is 0 Å². The maximum atomic E-state index is 11.7. The lowest BCUT2D eigenvalue weighted by Gasteiger charge is -2.21. The number of methoxy groups -OCH3 is 1. The second-order valence-electron chi connectivity index (χ2n) is 4.57. The largest absolute Gasteiger partial charge is 0.385 e. The highest BCUT2D eigenvalue weighted by Crippen LogP contribution is 2.25. The molecule has 19 heavy (non-hydrogen) atoms. The molecule has 1 aromatic rings. The molecule has 1 aromatic carbocycles. The van der Waals surface area contributed by atoms with Gasteiger partial charge in [-0.25, -0.2) is 0 Å². The summed E-state index contributed by atoms with van der Waals surface area (Å²) in [6.45, 7) is 3.35. The fourth-order valence-electron chi connectivity index (χ4n) is 2.18. The van der Waals surface area contributed by atoms with Gasteiger partial charge in [0.25, 0.3) is 0 Å². The molecule has 1 unspecified atom stereocenters. The van der Waals surface area contributed by atoms with E-state index in [1.165, 1.54) is 16.8 Å². The van der Waals surface area contributed by atoms with E-state index in [2.05, 4.69) is 22.8 Å². The van der Waals surface area contributed by atoms with Crippen molar-refractivity contribution in [1.82, 2.24) is 5.32 Å². The summed E-state index contributed by atoms with van der Waals surface area (Å²) in [6.07, 6.45) is 1.82. The summed E-state index contributed by atoms with van der Waals surface area (Å²) in [5, 5.41) is 6.30. The predicted octanol–water partition coefficient (Wildman–Crippen LogP) is 2.12. The van der Waals surface area contributed by atoms with Gasteiger partial charge in [-0.1, -0.05) is 12.1 Å². The number of benzene rings is 1. The third-order valence-corrected chi connectivity index (χ3v) is 3.37. The van der Waals surface area contributed by atoms with Crippen molar-refractivity contribution in [3.63, 3.8) is 0 Å². The van der Waals surface area contributed by atoms with Crippen LogP contribution in [-0.2, 0) is 22.5 Å². The van der Waals surface area contributed by atoms with Crippen molar-refractivity contribution in [2.75, 3.05) is 19.0 Å². The minimum atomic E-state index is -0.400. The van der Waals surface area contributed by atoms with Crippen LogP contribution in [0.25, 0.3) is 0 Å². The molecule has 2 N–H and O–H groups in total. The van der Waals surface area contributed by atoms with Crippen LogP contribution in [-0.4, -0.2) is 25.7 Å². The summed E-state index contributed by atoms with van der Waals surface area (Å²) in [4.78, 5) is 11.7.